The molecule has 2 heterocycles. The van der Waals surface area contributed by atoms with Crippen LogP contribution in [0, 0.1) is 13.8 Å². The van der Waals surface area contributed by atoms with Crippen LogP contribution in [0.2, 0.25) is 0 Å². The minimum Gasteiger partial charge on any atom is -0.466 e. The van der Waals surface area contributed by atoms with E-state index < -0.39 is 12.0 Å². The molecule has 7 heteroatoms. The number of hydrogen-bond donors (Lipinski definition) is 2. The second kappa shape index (κ2) is 7.88. The Labute approximate surface area is 153 Å². The number of aryl methyl sites for hydroxylation is 2. The third-order valence-corrected chi connectivity index (χ3v) is 4.78. The fraction of sp³-hybridized carbons (Fsp3) is 0.474. The van der Waals surface area contributed by atoms with E-state index >= 15 is 0 Å². The molecule has 1 unspecified atom stereocenters. The number of carbonyl (C=O) groups excluding carboxylic acids is 2. The van der Waals surface area contributed by atoms with E-state index in [9.17, 15) is 9.59 Å². The molecule has 0 saturated carbocycles. The molecule has 0 aliphatic carbocycles. The number of amides is 2. The summed E-state index contributed by atoms with van der Waals surface area (Å²) in [4.78, 5) is 27.0. The molecule has 26 heavy (non-hydrogen) atoms. The zero-order chi connectivity index (χ0) is 18.7. The summed E-state index contributed by atoms with van der Waals surface area (Å²) in [5.41, 5.74) is 4.08. The lowest BCUT2D eigenvalue weighted by Gasteiger charge is -2.33. The number of nitrogens with one attached hydrogen (secondary N) is 2. The summed E-state index contributed by atoms with van der Waals surface area (Å²) in [5.74, 6) is -0.439. The largest absolute Gasteiger partial charge is 0.466 e. The predicted molar refractivity (Wildman–Crippen MR) is 96.6 cm³/mol. The second-order valence-electron chi connectivity index (χ2n) is 6.66. The zero-order valence-electron chi connectivity index (χ0n) is 15.4. The van der Waals surface area contributed by atoms with E-state index in [2.05, 4.69) is 15.5 Å². The van der Waals surface area contributed by atoms with Crippen LogP contribution < -0.4 is 10.6 Å². The Morgan fingerprint density at radius 3 is 2.69 bits per heavy atom. The molecule has 0 bridgehead atoms. The monoisotopic (exact) mass is 359 g/mol. The summed E-state index contributed by atoms with van der Waals surface area (Å²) < 4.78 is 10.4. The van der Waals surface area contributed by atoms with Gasteiger partial charge in [0.25, 0.3) is 0 Å². The highest BCUT2D eigenvalue weighted by atomic mass is 16.5. The van der Waals surface area contributed by atoms with Gasteiger partial charge in [0.2, 0.25) is 0 Å². The molecule has 7 nitrogen and oxygen atoms in total. The predicted octanol–water partition coefficient (Wildman–Crippen LogP) is 1.42. The van der Waals surface area contributed by atoms with Crippen molar-refractivity contribution >= 4 is 12.0 Å². The Morgan fingerprint density at radius 1 is 1.31 bits per heavy atom. The summed E-state index contributed by atoms with van der Waals surface area (Å²) in [6.45, 7) is 7.28. The minimum absolute atomic E-state index is 0.314. The average molecular weight is 359 g/mol. The Balaban J connectivity index is 2.01. The van der Waals surface area contributed by atoms with Crippen LogP contribution in [0.1, 0.15) is 22.7 Å². The van der Waals surface area contributed by atoms with Gasteiger partial charge in [0.05, 0.1) is 31.9 Å². The normalized spacial score (nSPS) is 21.2. The maximum absolute atomic E-state index is 12.6. The highest BCUT2D eigenvalue weighted by Gasteiger charge is 2.34. The standard InChI is InChI=1S/C19H25N3O4/c1-12-4-5-14(13(2)10-12)17-16(18(23)25-3)15(20-19(24)21-17)11-22-6-8-26-9-7-22/h4-5,10,17H,6-9,11H2,1-3H3,(H2,20,21,24). The fourth-order valence-corrected chi connectivity index (χ4v) is 3.46. The molecule has 0 aromatic heterocycles. The van der Waals surface area contributed by atoms with E-state index in [0.717, 1.165) is 29.8 Å². The number of hydrogen-bond acceptors (Lipinski definition) is 5. The molecule has 1 aromatic carbocycles. The van der Waals surface area contributed by atoms with Gasteiger partial charge in [0.1, 0.15) is 0 Å². The molecule has 2 aliphatic rings. The molecule has 2 amide bonds. The molecule has 0 radical (unpaired) electrons. The number of esters is 1. The first-order valence-corrected chi connectivity index (χ1v) is 8.75. The summed E-state index contributed by atoms with van der Waals surface area (Å²) >= 11 is 0. The third kappa shape index (κ3) is 3.89. The van der Waals surface area contributed by atoms with Crippen molar-refractivity contribution in [2.45, 2.75) is 19.9 Å². The summed E-state index contributed by atoms with van der Waals surface area (Å²) in [6.07, 6.45) is 0. The van der Waals surface area contributed by atoms with Gasteiger partial charge in [-0.3, -0.25) is 4.90 Å². The van der Waals surface area contributed by atoms with Crippen LogP contribution in [-0.2, 0) is 14.3 Å². The van der Waals surface area contributed by atoms with Crippen LogP contribution >= 0.6 is 0 Å². The van der Waals surface area contributed by atoms with Crippen molar-refractivity contribution in [2.24, 2.45) is 0 Å². The quantitative estimate of drug-likeness (QED) is 0.795. The number of morpholine rings is 1. The highest BCUT2D eigenvalue weighted by Crippen LogP contribution is 2.30. The number of methoxy groups -OCH3 is 1. The van der Waals surface area contributed by atoms with Gasteiger partial charge in [-0.1, -0.05) is 23.8 Å². The minimum atomic E-state index is -0.534. The number of rotatable bonds is 4. The first kappa shape index (κ1) is 18.4. The van der Waals surface area contributed by atoms with E-state index in [-0.39, 0.29) is 6.03 Å². The first-order valence-electron chi connectivity index (χ1n) is 8.75. The van der Waals surface area contributed by atoms with Gasteiger partial charge < -0.3 is 20.1 Å². The van der Waals surface area contributed by atoms with Crippen molar-refractivity contribution in [3.63, 3.8) is 0 Å². The Morgan fingerprint density at radius 2 is 2.04 bits per heavy atom. The molecular weight excluding hydrogens is 334 g/mol. The fourth-order valence-electron chi connectivity index (χ4n) is 3.46. The van der Waals surface area contributed by atoms with E-state index in [1.165, 1.54) is 7.11 Å². The first-order chi connectivity index (χ1) is 12.5. The molecule has 1 saturated heterocycles. The van der Waals surface area contributed by atoms with Crippen LogP contribution in [0.3, 0.4) is 0 Å². The van der Waals surface area contributed by atoms with Gasteiger partial charge in [-0.15, -0.1) is 0 Å². The molecule has 0 spiro atoms. The Kier molecular flexibility index (Phi) is 5.58. The molecule has 1 fully saturated rings. The molecular formula is C19H25N3O4. The lowest BCUT2D eigenvalue weighted by atomic mass is 9.91. The number of nitrogens with zero attached hydrogens (tertiary/aromatic N) is 1. The SMILES string of the molecule is COC(=O)C1=C(CN2CCOCC2)NC(=O)NC1c1ccc(C)cc1C. The topological polar surface area (TPSA) is 79.9 Å². The summed E-state index contributed by atoms with van der Waals surface area (Å²) in [5, 5.41) is 5.68. The molecule has 1 aromatic rings. The lowest BCUT2D eigenvalue weighted by Crippen LogP contribution is -2.49. The lowest BCUT2D eigenvalue weighted by molar-refractivity contribution is -0.136. The molecule has 1 atom stereocenters. The zero-order valence-corrected chi connectivity index (χ0v) is 15.4. The van der Waals surface area contributed by atoms with Gasteiger partial charge in [-0.25, -0.2) is 9.59 Å². The maximum atomic E-state index is 12.6. The van der Waals surface area contributed by atoms with Crippen LogP contribution in [0.4, 0.5) is 4.79 Å². The van der Waals surface area contributed by atoms with Crippen LogP contribution in [0.25, 0.3) is 0 Å². The molecule has 2 N–H and O–H groups in total. The van der Waals surface area contributed by atoms with Crippen LogP contribution in [0.15, 0.2) is 29.5 Å². The van der Waals surface area contributed by atoms with Gasteiger partial charge in [-0.2, -0.15) is 0 Å². The summed E-state index contributed by atoms with van der Waals surface area (Å²) in [7, 11) is 1.36. The number of carbonyl (C=O) groups is 2. The van der Waals surface area contributed by atoms with Crippen molar-refractivity contribution in [3.8, 4) is 0 Å². The number of ether oxygens (including phenoxy) is 2. The van der Waals surface area contributed by atoms with Gasteiger partial charge in [0, 0.05) is 25.3 Å². The molecule has 2 aliphatic heterocycles. The molecule has 3 rings (SSSR count). The van der Waals surface area contributed by atoms with E-state index in [1.807, 2.05) is 32.0 Å². The smallest absolute Gasteiger partial charge is 0.338 e. The van der Waals surface area contributed by atoms with Crippen molar-refractivity contribution in [1.29, 1.82) is 0 Å². The van der Waals surface area contributed by atoms with E-state index in [4.69, 9.17) is 9.47 Å². The Hall–Kier alpha value is -2.38. The van der Waals surface area contributed by atoms with E-state index in [1.54, 1.807) is 0 Å². The second-order valence-corrected chi connectivity index (χ2v) is 6.66. The van der Waals surface area contributed by atoms with Gasteiger partial charge >= 0.3 is 12.0 Å². The highest BCUT2D eigenvalue weighted by molar-refractivity contribution is 5.95. The number of benzene rings is 1. The van der Waals surface area contributed by atoms with Crippen molar-refractivity contribution in [2.75, 3.05) is 40.0 Å². The van der Waals surface area contributed by atoms with Crippen LogP contribution in [0.5, 0.6) is 0 Å². The van der Waals surface area contributed by atoms with Crippen molar-refractivity contribution in [1.82, 2.24) is 15.5 Å². The number of urea groups is 1. The average Bonchev–Trinajstić information content (AvgIpc) is 2.61. The maximum Gasteiger partial charge on any atom is 0.338 e. The summed E-state index contributed by atoms with van der Waals surface area (Å²) in [6, 6.07) is 5.13. The Bertz CT molecular complexity index is 738. The van der Waals surface area contributed by atoms with Crippen LogP contribution in [-0.4, -0.2) is 56.9 Å². The third-order valence-electron chi connectivity index (χ3n) is 4.78. The van der Waals surface area contributed by atoms with Crippen molar-refractivity contribution in [3.05, 3.63) is 46.2 Å². The van der Waals surface area contributed by atoms with Gasteiger partial charge in [0.15, 0.2) is 0 Å². The molecule has 140 valence electrons. The van der Waals surface area contributed by atoms with Crippen molar-refractivity contribution < 1.29 is 19.1 Å². The van der Waals surface area contributed by atoms with E-state index in [0.29, 0.717) is 31.0 Å². The van der Waals surface area contributed by atoms with Gasteiger partial charge in [-0.05, 0) is 25.0 Å².